The molecule has 1 aromatic rings. The summed E-state index contributed by atoms with van der Waals surface area (Å²) in [5, 5.41) is 15.5. The summed E-state index contributed by atoms with van der Waals surface area (Å²) >= 11 is 18.4. The van der Waals surface area contributed by atoms with Gasteiger partial charge in [0.15, 0.2) is 12.6 Å². The van der Waals surface area contributed by atoms with Gasteiger partial charge in [0.2, 0.25) is 3.79 Å². The van der Waals surface area contributed by atoms with E-state index in [2.05, 4.69) is 59.0 Å². The number of amides is 1. The Bertz CT molecular complexity index is 2580. The van der Waals surface area contributed by atoms with E-state index in [-0.39, 0.29) is 65.7 Å². The molecule has 1 aromatic carbocycles. The highest BCUT2D eigenvalue weighted by Gasteiger charge is 2.54. The Morgan fingerprint density at radius 3 is 1.57 bits per heavy atom. The van der Waals surface area contributed by atoms with Crippen LogP contribution in [0.3, 0.4) is 0 Å². The Morgan fingerprint density at radius 2 is 1.05 bits per heavy atom. The van der Waals surface area contributed by atoms with Crippen molar-refractivity contribution >= 4 is 62.7 Å². The van der Waals surface area contributed by atoms with Gasteiger partial charge < -0.3 is 67.3 Å². The molecule has 0 spiro atoms. The molecule has 3 unspecified atom stereocenters. The van der Waals surface area contributed by atoms with Gasteiger partial charge in [-0.1, -0.05) is 252 Å². The summed E-state index contributed by atoms with van der Waals surface area (Å²) in [5.74, 6) is 0.674. The summed E-state index contributed by atoms with van der Waals surface area (Å²) in [6, 6.07) is 5.83. The predicted octanol–water partition coefficient (Wildman–Crippen LogP) is 18.4. The average molecular weight is 1580 g/mol. The van der Waals surface area contributed by atoms with Crippen LogP contribution in [0.5, 0.6) is 5.75 Å². The van der Waals surface area contributed by atoms with Gasteiger partial charge in [-0.25, -0.2) is 18.7 Å². The molecule has 13 atom stereocenters. The largest absolute Gasteiger partial charge is 0.508 e. The fourth-order valence-corrected chi connectivity index (χ4v) is 13.8. The molecule has 2 aliphatic heterocycles. The normalized spacial score (nSPS) is 21.9. The number of methoxy groups -OCH3 is 1. The molecule has 3 rings (SSSR count). The van der Waals surface area contributed by atoms with E-state index in [0.29, 0.717) is 31.4 Å². The minimum atomic E-state index is -4.78. The predicted molar refractivity (Wildman–Crippen MR) is 404 cm³/mol. The lowest BCUT2D eigenvalue weighted by atomic mass is 9.96. The number of nitrogens with one attached hydrogen (secondary N) is 1. The number of aliphatic hydroxyl groups excluding tert-OH is 1. The molecule has 0 aliphatic carbocycles. The van der Waals surface area contributed by atoms with Crippen molar-refractivity contribution in [2.75, 3.05) is 93.0 Å². The van der Waals surface area contributed by atoms with Crippen LogP contribution < -0.4 is 10.1 Å². The van der Waals surface area contributed by atoms with Crippen LogP contribution in [-0.4, -0.2) is 182 Å². The maximum atomic E-state index is 14.9. The number of benzene rings is 1. The first-order valence-corrected chi connectivity index (χ1v) is 41.4. The summed E-state index contributed by atoms with van der Waals surface area (Å²) in [5.41, 5.74) is 0.877. The average Bonchev–Trinajstić information content (AvgIpc) is 0.782. The first-order valence-electron chi connectivity index (χ1n) is 38.5. The van der Waals surface area contributed by atoms with Crippen molar-refractivity contribution in [1.82, 2.24) is 5.32 Å². The van der Waals surface area contributed by atoms with Crippen molar-refractivity contribution < 1.29 is 111 Å². The van der Waals surface area contributed by atoms with Gasteiger partial charge in [-0.2, -0.15) is 0 Å². The summed E-state index contributed by atoms with van der Waals surface area (Å²) in [4.78, 5) is 27.6. The monoisotopic (exact) mass is 1580 g/mol. The number of aliphatic hydroxyl groups is 1. The number of rotatable bonds is 66. The molecule has 2 saturated heterocycles. The Labute approximate surface area is 639 Å². The van der Waals surface area contributed by atoms with Gasteiger partial charge in [0.1, 0.15) is 74.3 Å². The lowest BCUT2D eigenvalue weighted by Gasteiger charge is -2.47. The van der Waals surface area contributed by atoms with Crippen molar-refractivity contribution in [2.24, 2.45) is 0 Å². The van der Waals surface area contributed by atoms with E-state index in [4.69, 9.17) is 119 Å². The second-order valence-corrected chi connectivity index (χ2v) is 31.1. The highest BCUT2D eigenvalue weighted by molar-refractivity contribution is 7.48. The van der Waals surface area contributed by atoms with Crippen molar-refractivity contribution in [3.8, 4) is 5.75 Å². The van der Waals surface area contributed by atoms with Gasteiger partial charge >= 0.3 is 27.9 Å². The number of alkyl halides is 3. The molecular formula is C75H126Cl3NO23P2. The Morgan fingerprint density at radius 1 is 0.548 bits per heavy atom. The highest BCUT2D eigenvalue weighted by atomic mass is 35.6. The molecule has 0 bridgehead atoms. The summed E-state index contributed by atoms with van der Waals surface area (Å²) in [7, 11) is -7.42. The fraction of sp³-hybridized carbons (Fsp3) is 0.760. The summed E-state index contributed by atoms with van der Waals surface area (Å²) in [6.07, 6.45) is 14.5. The number of hydrogen-bond acceptors (Lipinski definition) is 23. The standard InChI is InChI=1S/C75H126Cl3NO23P2/c1-10-18-21-24-26-28-30-32-35-38-51-86-69-66(80)63(100-72(89-54-55-99-103(83,95-47-14-5)96-48-15-6)70(69)87-52-39-36-33-31-29-27-25-22-19-11-2)57-92-71-65(79-73(81)94-59-75(76,77)78)68(88-53-45-62(40-37-34-23-20-12-3)91-56-60-41-43-61(85-9)44-42-60)67(64(101-71)58-93-74(82)90-46-13-4)102-104(84,97-49-16-7)98-50-17-8/h13-17,41-44,62-72,80H,4-8,10-12,18-40,45-59H2,1-3,9H3,(H,79,81)/t62-,63-,64-,65-,66-,67-,68-,69+,70-,71-,72?/m1/s1/i51D,52D/t51?,52?,62-,63-,64-,65-,66-,67-,68-,69+,70-,71-,72?. The van der Waals surface area contributed by atoms with Crippen LogP contribution in [0, 0.1) is 0 Å². The molecule has 2 heterocycles. The molecule has 0 saturated carbocycles. The van der Waals surface area contributed by atoms with Crippen molar-refractivity contribution in [3.05, 3.63) is 93.1 Å². The van der Waals surface area contributed by atoms with Crippen molar-refractivity contribution in [1.29, 1.82) is 0 Å². The first kappa shape index (κ1) is 91.6. The second kappa shape index (κ2) is 58.9. The van der Waals surface area contributed by atoms with E-state index >= 15 is 0 Å². The van der Waals surface area contributed by atoms with Gasteiger partial charge in [-0.3, -0.25) is 27.1 Å². The molecule has 600 valence electrons. The van der Waals surface area contributed by atoms with E-state index in [1.165, 1.54) is 62.5 Å². The van der Waals surface area contributed by atoms with E-state index < -0.39 is 139 Å². The number of alkyl carbamates (subject to hydrolysis) is 1. The fourth-order valence-electron chi connectivity index (χ4n) is 11.2. The molecule has 2 fully saturated rings. The Kier molecular flexibility index (Phi) is 51.9. The van der Waals surface area contributed by atoms with E-state index in [1.54, 1.807) is 7.11 Å². The van der Waals surface area contributed by atoms with E-state index in [0.717, 1.165) is 108 Å². The van der Waals surface area contributed by atoms with E-state index in [1.807, 2.05) is 24.3 Å². The number of phosphoric ester groups is 2. The number of carbonyl (C=O) groups excluding carboxylic acids is 2. The van der Waals surface area contributed by atoms with Gasteiger partial charge in [0, 0.05) is 19.8 Å². The number of halogens is 3. The van der Waals surface area contributed by atoms with Crippen LogP contribution in [-0.2, 0) is 95.0 Å². The van der Waals surface area contributed by atoms with Crippen LogP contribution in [0.2, 0.25) is 0 Å². The Balaban J connectivity index is 2.29. The zero-order valence-corrected chi connectivity index (χ0v) is 66.3. The molecule has 0 aromatic heterocycles. The smallest absolute Gasteiger partial charge is 0.497 e. The van der Waals surface area contributed by atoms with Crippen LogP contribution >= 0.6 is 50.4 Å². The van der Waals surface area contributed by atoms with Crippen molar-refractivity contribution in [2.45, 2.75) is 272 Å². The summed E-state index contributed by atoms with van der Waals surface area (Å²) < 4.78 is 154. The number of unbranched alkanes of at least 4 members (excludes halogenated alkanes) is 20. The molecule has 0 radical (unpaired) electrons. The lowest BCUT2D eigenvalue weighted by Crippen LogP contribution is -2.67. The third-order valence-electron chi connectivity index (χ3n) is 16.7. The van der Waals surface area contributed by atoms with Crippen molar-refractivity contribution in [3.63, 3.8) is 0 Å². The third kappa shape index (κ3) is 42.3. The highest BCUT2D eigenvalue weighted by Crippen LogP contribution is 2.53. The minimum absolute atomic E-state index is 0.158. The van der Waals surface area contributed by atoms with Gasteiger partial charge in [0.05, 0.1) is 68.8 Å². The minimum Gasteiger partial charge on any atom is -0.497 e. The molecule has 24 nitrogen and oxygen atoms in total. The summed E-state index contributed by atoms with van der Waals surface area (Å²) in [6.45, 7) is 18.1. The molecular weight excluding hydrogens is 1450 g/mol. The van der Waals surface area contributed by atoms with Crippen LogP contribution in [0.4, 0.5) is 9.59 Å². The van der Waals surface area contributed by atoms with Crippen LogP contribution in [0.15, 0.2) is 87.5 Å². The van der Waals surface area contributed by atoms with Gasteiger partial charge in [0.25, 0.3) is 0 Å². The lowest BCUT2D eigenvalue weighted by molar-refractivity contribution is -0.331. The third-order valence-corrected chi connectivity index (χ3v) is 19.9. The zero-order valence-electron chi connectivity index (χ0n) is 64.3. The first-order chi connectivity index (χ1) is 51.1. The number of hydrogen-bond donors (Lipinski definition) is 2. The number of carbonyl (C=O) groups is 2. The van der Waals surface area contributed by atoms with E-state index in [9.17, 15) is 26.6 Å². The van der Waals surface area contributed by atoms with Crippen LogP contribution in [0.25, 0.3) is 0 Å². The quantitative estimate of drug-likeness (QED) is 0.0202. The molecule has 2 aliphatic rings. The topological polar surface area (TPSA) is 267 Å². The maximum Gasteiger partial charge on any atom is 0.508 e. The van der Waals surface area contributed by atoms with Gasteiger partial charge in [-0.05, 0) is 43.4 Å². The number of ether oxygens (including phenoxy) is 12. The van der Waals surface area contributed by atoms with Gasteiger partial charge in [-0.15, -0.1) is 26.3 Å². The molecule has 1 amide bonds. The SMILES string of the molecule is [2H]C(CCCCCCCCCCC)O[C@H]1[C@H](O)[C@@H](CO[C@@H]2O[C@H](COC(=O)OCC=C)[C@@H](OP(=O)(OCC=C)OCC=C)[C@H](OCC[C@@H](CCCCCCC)OCc3ccc(OC)cc3)[C@H]2NC(=O)OCC(Cl)(Cl)Cl)OC(OCCOP(=O)(OCC=C)OCC=C)[C@@H]1OC([2H])CCCCCCCCCCC. The number of phosphoric acid groups is 2. The Hall–Kier alpha value is -3.01. The molecule has 104 heavy (non-hydrogen) atoms. The maximum absolute atomic E-state index is 14.9. The molecule has 29 heteroatoms. The second-order valence-electron chi connectivity index (χ2n) is 25.3. The zero-order chi connectivity index (χ0) is 77.7. The van der Waals surface area contributed by atoms with Crippen LogP contribution in [0.1, 0.15) is 202 Å². The molecule has 2 N–H and O–H groups in total.